The van der Waals surface area contributed by atoms with Gasteiger partial charge < -0.3 is 20.3 Å². The molecule has 0 aliphatic heterocycles. The van der Waals surface area contributed by atoms with Crippen molar-refractivity contribution in [3.05, 3.63) is 35.9 Å². The van der Waals surface area contributed by atoms with Crippen molar-refractivity contribution < 1.29 is 24.5 Å². The van der Waals surface area contributed by atoms with E-state index in [9.17, 15) is 19.8 Å². The van der Waals surface area contributed by atoms with Crippen LogP contribution in [0.1, 0.15) is 30.1 Å². The molecule has 4 atom stereocenters. The maximum absolute atomic E-state index is 12.2. The van der Waals surface area contributed by atoms with Gasteiger partial charge in [-0.05, 0) is 31.9 Å². The minimum absolute atomic E-state index is 0.0692. The van der Waals surface area contributed by atoms with Crippen molar-refractivity contribution >= 4 is 11.9 Å². The number of ether oxygens (including phenoxy) is 1. The molecule has 1 saturated carbocycles. The van der Waals surface area contributed by atoms with Crippen molar-refractivity contribution in [3.63, 3.8) is 0 Å². The molecule has 120 valence electrons. The second kappa shape index (κ2) is 7.38. The van der Waals surface area contributed by atoms with Gasteiger partial charge >= 0.3 is 5.97 Å². The molecule has 3 N–H and O–H groups in total. The second-order valence-corrected chi connectivity index (χ2v) is 5.41. The number of carbonyl (C=O) groups excluding carboxylic acids is 2. The Hall–Kier alpha value is -1.92. The number of amides is 1. The number of hydrogen-bond acceptors (Lipinski definition) is 5. The zero-order valence-corrected chi connectivity index (χ0v) is 12.4. The molecule has 6 heteroatoms. The van der Waals surface area contributed by atoms with Gasteiger partial charge in [-0.15, -0.1) is 0 Å². The molecule has 1 amide bonds. The molecule has 0 spiro atoms. The van der Waals surface area contributed by atoms with E-state index >= 15 is 0 Å². The van der Waals surface area contributed by atoms with Gasteiger partial charge in [0.1, 0.15) is 0 Å². The minimum Gasteiger partial charge on any atom is -0.466 e. The van der Waals surface area contributed by atoms with Crippen molar-refractivity contribution in [3.8, 4) is 0 Å². The minimum atomic E-state index is -0.987. The summed E-state index contributed by atoms with van der Waals surface area (Å²) in [5.41, 5.74) is 0.478. The summed E-state index contributed by atoms with van der Waals surface area (Å²) in [5, 5.41) is 22.3. The van der Waals surface area contributed by atoms with Crippen LogP contribution in [0.3, 0.4) is 0 Å². The smallest absolute Gasteiger partial charge is 0.311 e. The number of esters is 1. The van der Waals surface area contributed by atoms with Gasteiger partial charge in [-0.3, -0.25) is 9.59 Å². The molecular formula is C16H21NO5. The molecule has 0 heterocycles. The fourth-order valence-corrected chi connectivity index (χ4v) is 2.67. The lowest BCUT2D eigenvalue weighted by atomic mass is 9.81. The quantitative estimate of drug-likeness (QED) is 0.703. The molecule has 0 radical (unpaired) electrons. The molecule has 22 heavy (non-hydrogen) atoms. The third kappa shape index (κ3) is 3.84. The van der Waals surface area contributed by atoms with Crippen LogP contribution < -0.4 is 5.32 Å². The standard InChI is InChI=1S/C16H21NO5/c1-2-22-16(21)11-8-13(18)14(19)9-12(11)17-15(20)10-6-4-3-5-7-10/h3-7,11-14,18-19H,2,8-9H2,1H3,(H,17,20)/t11-,12+,13-,14+/m1/s1. The summed E-state index contributed by atoms with van der Waals surface area (Å²) < 4.78 is 5.00. The van der Waals surface area contributed by atoms with Crippen LogP contribution in [0.25, 0.3) is 0 Å². The SMILES string of the molecule is CCOC(=O)[C@@H]1C[C@@H](O)[C@@H](O)C[C@@H]1NC(=O)c1ccccc1. The fraction of sp³-hybridized carbons (Fsp3) is 0.500. The first kappa shape index (κ1) is 16.5. The van der Waals surface area contributed by atoms with E-state index in [1.165, 1.54) is 0 Å². The van der Waals surface area contributed by atoms with Crippen LogP contribution in [0.5, 0.6) is 0 Å². The summed E-state index contributed by atoms with van der Waals surface area (Å²) in [6.45, 7) is 1.93. The third-order valence-corrected chi connectivity index (χ3v) is 3.86. The zero-order chi connectivity index (χ0) is 16.1. The van der Waals surface area contributed by atoms with Crippen LogP contribution in [0.4, 0.5) is 0 Å². The molecule has 1 aliphatic rings. The van der Waals surface area contributed by atoms with E-state index in [1.54, 1.807) is 37.3 Å². The van der Waals surface area contributed by atoms with Gasteiger partial charge in [0.05, 0.1) is 24.7 Å². The molecule has 1 aliphatic carbocycles. The monoisotopic (exact) mass is 307 g/mol. The Balaban J connectivity index is 2.10. The Bertz CT molecular complexity index is 519. The highest BCUT2D eigenvalue weighted by atomic mass is 16.5. The van der Waals surface area contributed by atoms with Crippen LogP contribution in [0, 0.1) is 5.92 Å². The average molecular weight is 307 g/mol. The summed E-state index contributed by atoms with van der Waals surface area (Å²) in [6.07, 6.45) is -1.77. The van der Waals surface area contributed by atoms with Crippen LogP contribution in [0.15, 0.2) is 30.3 Å². The number of carbonyl (C=O) groups is 2. The highest BCUT2D eigenvalue weighted by Crippen LogP contribution is 2.27. The van der Waals surface area contributed by atoms with Gasteiger partial charge in [0, 0.05) is 11.6 Å². The molecular weight excluding hydrogens is 286 g/mol. The van der Waals surface area contributed by atoms with Crippen LogP contribution in [-0.2, 0) is 9.53 Å². The van der Waals surface area contributed by atoms with Crippen LogP contribution in [0.2, 0.25) is 0 Å². The topological polar surface area (TPSA) is 95.9 Å². The predicted molar refractivity (Wildman–Crippen MR) is 79.1 cm³/mol. The van der Waals surface area contributed by atoms with Gasteiger partial charge in [0.2, 0.25) is 0 Å². The van der Waals surface area contributed by atoms with E-state index in [0.29, 0.717) is 5.56 Å². The molecule has 0 aromatic heterocycles. The number of aliphatic hydroxyl groups excluding tert-OH is 2. The summed E-state index contributed by atoms with van der Waals surface area (Å²) >= 11 is 0. The lowest BCUT2D eigenvalue weighted by Gasteiger charge is -2.36. The lowest BCUT2D eigenvalue weighted by Crippen LogP contribution is -2.52. The van der Waals surface area contributed by atoms with Gasteiger partial charge in [-0.1, -0.05) is 18.2 Å². The Labute approximate surface area is 129 Å². The van der Waals surface area contributed by atoms with E-state index in [2.05, 4.69) is 5.32 Å². The second-order valence-electron chi connectivity index (χ2n) is 5.41. The molecule has 6 nitrogen and oxygen atoms in total. The molecule has 2 rings (SSSR count). The van der Waals surface area contributed by atoms with Crippen molar-refractivity contribution in [2.24, 2.45) is 5.92 Å². The number of hydrogen-bond donors (Lipinski definition) is 3. The van der Waals surface area contributed by atoms with E-state index in [0.717, 1.165) is 0 Å². The molecule has 0 bridgehead atoms. The Morgan fingerprint density at radius 3 is 2.45 bits per heavy atom. The normalized spacial score (nSPS) is 28.0. The molecule has 1 fully saturated rings. The predicted octanol–water partition coefficient (Wildman–Crippen LogP) is 0.480. The van der Waals surface area contributed by atoms with Gasteiger partial charge in [-0.2, -0.15) is 0 Å². The average Bonchev–Trinajstić information content (AvgIpc) is 2.51. The maximum atomic E-state index is 12.2. The molecule has 1 aromatic carbocycles. The van der Waals surface area contributed by atoms with Crippen molar-refractivity contribution in [1.29, 1.82) is 0 Å². The Kier molecular flexibility index (Phi) is 5.51. The maximum Gasteiger partial charge on any atom is 0.311 e. The summed E-state index contributed by atoms with van der Waals surface area (Å²) in [4.78, 5) is 24.2. The van der Waals surface area contributed by atoms with Crippen molar-refractivity contribution in [2.75, 3.05) is 6.61 Å². The van der Waals surface area contributed by atoms with E-state index < -0.39 is 30.1 Å². The zero-order valence-electron chi connectivity index (χ0n) is 12.4. The highest BCUT2D eigenvalue weighted by molar-refractivity contribution is 5.94. The molecule has 0 saturated heterocycles. The van der Waals surface area contributed by atoms with E-state index in [1.807, 2.05) is 0 Å². The number of rotatable bonds is 4. The fourth-order valence-electron chi connectivity index (χ4n) is 2.67. The third-order valence-electron chi connectivity index (χ3n) is 3.86. The first-order valence-corrected chi connectivity index (χ1v) is 7.41. The lowest BCUT2D eigenvalue weighted by molar-refractivity contribution is -0.154. The van der Waals surface area contributed by atoms with Gasteiger partial charge in [0.25, 0.3) is 5.91 Å². The number of benzene rings is 1. The molecule has 1 aromatic rings. The number of aliphatic hydroxyl groups is 2. The summed E-state index contributed by atoms with van der Waals surface area (Å²) in [7, 11) is 0. The first-order valence-electron chi connectivity index (χ1n) is 7.41. The van der Waals surface area contributed by atoms with Crippen LogP contribution in [-0.4, -0.2) is 46.9 Å². The largest absolute Gasteiger partial charge is 0.466 e. The van der Waals surface area contributed by atoms with Crippen molar-refractivity contribution in [2.45, 2.75) is 38.0 Å². The van der Waals surface area contributed by atoms with Crippen LogP contribution >= 0.6 is 0 Å². The Morgan fingerprint density at radius 2 is 1.82 bits per heavy atom. The summed E-state index contributed by atoms with van der Waals surface area (Å²) in [5.74, 6) is -1.44. The Morgan fingerprint density at radius 1 is 1.18 bits per heavy atom. The first-order chi connectivity index (χ1) is 10.5. The van der Waals surface area contributed by atoms with Gasteiger partial charge in [0.15, 0.2) is 0 Å². The van der Waals surface area contributed by atoms with E-state index in [4.69, 9.17) is 4.74 Å². The number of nitrogens with one attached hydrogen (secondary N) is 1. The van der Waals surface area contributed by atoms with Crippen molar-refractivity contribution in [1.82, 2.24) is 5.32 Å². The molecule has 0 unspecified atom stereocenters. The van der Waals surface area contributed by atoms with E-state index in [-0.39, 0.29) is 25.4 Å². The highest BCUT2D eigenvalue weighted by Gasteiger charge is 2.40. The van der Waals surface area contributed by atoms with Gasteiger partial charge in [-0.25, -0.2) is 0 Å². The summed E-state index contributed by atoms with van der Waals surface area (Å²) in [6, 6.07) is 8.07.